The number of hydrogen-bond donors (Lipinski definition) is 4. The molecule has 3 amide bonds. The number of amides is 3. The summed E-state index contributed by atoms with van der Waals surface area (Å²) in [6.45, 7) is 5.80. The zero-order valence-corrected chi connectivity index (χ0v) is 26.3. The minimum atomic E-state index is -0.795. The van der Waals surface area contributed by atoms with Crippen molar-refractivity contribution in [3.05, 3.63) is 82.2 Å². The van der Waals surface area contributed by atoms with Crippen LogP contribution in [0, 0.1) is 0 Å². The first kappa shape index (κ1) is 33.1. The number of dihydropyridines is 1. The third-order valence-electron chi connectivity index (χ3n) is 8.17. The molecule has 2 aliphatic heterocycles. The van der Waals surface area contributed by atoms with Crippen LogP contribution in [0.3, 0.4) is 0 Å². The van der Waals surface area contributed by atoms with Crippen LogP contribution in [0.1, 0.15) is 56.1 Å². The zero-order chi connectivity index (χ0) is 32.5. The molecule has 12 heteroatoms. The number of esters is 2. The van der Waals surface area contributed by atoms with Crippen LogP contribution in [0.4, 0.5) is 10.5 Å². The number of nitrogens with one attached hydrogen (secondary N) is 4. The van der Waals surface area contributed by atoms with Crippen LogP contribution in [0.5, 0.6) is 5.75 Å². The van der Waals surface area contributed by atoms with Crippen LogP contribution in [0.15, 0.2) is 71.1 Å². The number of likely N-dealkylation sites (tertiary alicyclic amines) is 1. The lowest BCUT2D eigenvalue weighted by Gasteiger charge is -2.32. The van der Waals surface area contributed by atoms with Gasteiger partial charge >= 0.3 is 18.0 Å². The first-order chi connectivity index (χ1) is 21.6. The fourth-order valence-electron chi connectivity index (χ4n) is 5.88. The fraction of sp³-hybridized carbons (Fsp3) is 0.394. The summed E-state index contributed by atoms with van der Waals surface area (Å²) in [5.74, 6) is -0.982. The summed E-state index contributed by atoms with van der Waals surface area (Å²) in [4.78, 5) is 52.9. The topological polar surface area (TPSA) is 147 Å². The van der Waals surface area contributed by atoms with Crippen molar-refractivity contribution in [2.75, 3.05) is 46.3 Å². The second-order valence-corrected chi connectivity index (χ2v) is 11.0. The highest BCUT2D eigenvalue weighted by Gasteiger charge is 2.37. The Bertz CT molecular complexity index is 1460. The Morgan fingerprint density at radius 1 is 0.844 bits per heavy atom. The number of anilines is 1. The Morgan fingerprint density at radius 2 is 1.47 bits per heavy atom. The first-order valence-electron chi connectivity index (χ1n) is 14.8. The molecule has 0 atom stereocenters. The second kappa shape index (κ2) is 15.2. The van der Waals surface area contributed by atoms with Crippen molar-refractivity contribution in [1.29, 1.82) is 0 Å². The Balaban J connectivity index is 1.30. The monoisotopic (exact) mass is 619 g/mol. The lowest BCUT2D eigenvalue weighted by atomic mass is 9.80. The maximum atomic E-state index is 12.8. The number of allylic oxidation sites excluding steroid dienone is 2. The Labute approximate surface area is 263 Å². The van der Waals surface area contributed by atoms with Gasteiger partial charge in [0.15, 0.2) is 0 Å². The van der Waals surface area contributed by atoms with Crippen molar-refractivity contribution in [2.45, 2.75) is 44.9 Å². The number of hydrogen-bond acceptors (Lipinski definition) is 9. The van der Waals surface area contributed by atoms with Gasteiger partial charge in [0.25, 0.3) is 0 Å². The molecule has 12 nitrogen and oxygen atoms in total. The van der Waals surface area contributed by atoms with E-state index >= 15 is 0 Å². The number of methoxy groups -OCH3 is 3. The number of rotatable bonds is 9. The van der Waals surface area contributed by atoms with Crippen LogP contribution in [0.25, 0.3) is 0 Å². The molecule has 0 aromatic heterocycles. The minimum absolute atomic E-state index is 0.235. The molecular weight excluding hydrogens is 578 g/mol. The molecule has 2 heterocycles. The van der Waals surface area contributed by atoms with E-state index in [1.807, 2.05) is 12.1 Å². The minimum Gasteiger partial charge on any atom is -0.497 e. The van der Waals surface area contributed by atoms with Gasteiger partial charge < -0.3 is 29.7 Å². The Kier molecular flexibility index (Phi) is 11.2. The van der Waals surface area contributed by atoms with Crippen LogP contribution in [0.2, 0.25) is 0 Å². The molecule has 0 bridgehead atoms. The number of nitrogens with zero attached hydrogens (tertiary/aromatic N) is 1. The van der Waals surface area contributed by atoms with E-state index in [0.29, 0.717) is 35.1 Å². The van der Waals surface area contributed by atoms with E-state index in [1.54, 1.807) is 45.2 Å². The van der Waals surface area contributed by atoms with Crippen molar-refractivity contribution in [3.8, 4) is 5.75 Å². The van der Waals surface area contributed by atoms with E-state index < -0.39 is 23.9 Å². The number of ether oxygens (including phenoxy) is 3. The molecule has 0 aliphatic carbocycles. The second-order valence-electron chi connectivity index (χ2n) is 11.0. The van der Waals surface area contributed by atoms with E-state index in [9.17, 15) is 19.2 Å². The molecular formula is C33H41N5O7. The summed E-state index contributed by atoms with van der Waals surface area (Å²) in [5, 5.41) is 5.74. The predicted molar refractivity (Wildman–Crippen MR) is 168 cm³/mol. The van der Waals surface area contributed by atoms with Gasteiger partial charge in [0.1, 0.15) is 5.75 Å². The number of carbonyl (C=O) groups is 4. The van der Waals surface area contributed by atoms with Crippen LogP contribution in [-0.2, 0) is 23.9 Å². The summed E-state index contributed by atoms with van der Waals surface area (Å²) in [5.41, 5.74) is 8.64. The summed E-state index contributed by atoms with van der Waals surface area (Å²) in [6, 6.07) is 14.3. The molecule has 240 valence electrons. The lowest BCUT2D eigenvalue weighted by molar-refractivity contribution is -0.137. The average Bonchev–Trinajstić information content (AvgIpc) is 3.05. The lowest BCUT2D eigenvalue weighted by Crippen LogP contribution is -2.45. The van der Waals surface area contributed by atoms with E-state index in [0.717, 1.165) is 31.7 Å². The number of hydrazine groups is 1. The van der Waals surface area contributed by atoms with Crippen LogP contribution < -0.4 is 26.2 Å². The summed E-state index contributed by atoms with van der Waals surface area (Å²) >= 11 is 0. The quantitative estimate of drug-likeness (QED) is 0.244. The number of urea groups is 1. The largest absolute Gasteiger partial charge is 0.497 e. The molecule has 4 N–H and O–H groups in total. The highest BCUT2D eigenvalue weighted by atomic mass is 16.5. The summed E-state index contributed by atoms with van der Waals surface area (Å²) in [7, 11) is 4.21. The van der Waals surface area contributed by atoms with Gasteiger partial charge in [-0.25, -0.2) is 19.8 Å². The van der Waals surface area contributed by atoms with Crippen molar-refractivity contribution in [2.24, 2.45) is 0 Å². The van der Waals surface area contributed by atoms with Gasteiger partial charge in [0.2, 0.25) is 5.91 Å². The summed E-state index contributed by atoms with van der Waals surface area (Å²) < 4.78 is 15.4. The van der Waals surface area contributed by atoms with E-state index in [4.69, 9.17) is 14.2 Å². The van der Waals surface area contributed by atoms with Crippen LogP contribution >= 0.6 is 0 Å². The maximum Gasteiger partial charge on any atom is 0.337 e. The molecule has 0 unspecified atom stereocenters. The highest BCUT2D eigenvalue weighted by molar-refractivity contribution is 6.00. The van der Waals surface area contributed by atoms with Crippen molar-refractivity contribution < 1.29 is 33.4 Å². The Hall–Kier alpha value is -4.84. The SMILES string of the molecule is COC(=O)C1=C(C)NC(C)=C(C(=O)OC)C1c1cccc(NC(=O)NNC(=O)CCN2CCC(c3cccc(OC)c3)CC2)c1. The van der Waals surface area contributed by atoms with Crippen molar-refractivity contribution in [3.63, 3.8) is 0 Å². The third kappa shape index (κ3) is 8.21. The van der Waals surface area contributed by atoms with Gasteiger partial charge in [-0.2, -0.15) is 0 Å². The molecule has 2 aromatic rings. The molecule has 0 saturated carbocycles. The van der Waals surface area contributed by atoms with E-state index in [-0.39, 0.29) is 23.5 Å². The fourth-order valence-corrected chi connectivity index (χ4v) is 5.88. The number of piperidine rings is 1. The normalized spacial score (nSPS) is 16.0. The Morgan fingerprint density at radius 3 is 2.09 bits per heavy atom. The molecule has 1 saturated heterocycles. The summed E-state index contributed by atoms with van der Waals surface area (Å²) in [6.07, 6.45) is 2.23. The van der Waals surface area contributed by atoms with Gasteiger partial charge in [-0.05, 0) is 81.1 Å². The van der Waals surface area contributed by atoms with Crippen molar-refractivity contribution >= 4 is 29.6 Å². The smallest absolute Gasteiger partial charge is 0.337 e. The predicted octanol–water partition coefficient (Wildman–Crippen LogP) is 3.70. The molecule has 4 rings (SSSR count). The zero-order valence-electron chi connectivity index (χ0n) is 26.3. The molecule has 1 fully saturated rings. The van der Waals surface area contributed by atoms with Gasteiger partial charge in [0, 0.05) is 30.0 Å². The number of carbonyl (C=O) groups excluding carboxylic acids is 4. The molecule has 2 aliphatic rings. The molecule has 45 heavy (non-hydrogen) atoms. The van der Waals surface area contributed by atoms with E-state index in [2.05, 4.69) is 38.5 Å². The number of benzene rings is 2. The molecule has 0 radical (unpaired) electrons. The highest BCUT2D eigenvalue weighted by Crippen LogP contribution is 2.39. The average molecular weight is 620 g/mol. The third-order valence-corrected chi connectivity index (χ3v) is 8.17. The molecule has 2 aromatic carbocycles. The standard InChI is InChI=1S/C33H41N5O7/c1-20-28(31(40)44-4)30(29(21(2)34-20)32(41)45-5)24-9-6-10-25(18-24)35-33(42)37-36-27(39)14-17-38-15-12-22(13-16-38)23-8-7-11-26(19-23)43-3/h6-11,18-19,22,30,34H,12-17H2,1-5H3,(H,36,39)(H2,35,37,42). The molecule has 0 spiro atoms. The first-order valence-corrected chi connectivity index (χ1v) is 14.8. The van der Waals surface area contributed by atoms with E-state index in [1.165, 1.54) is 19.8 Å². The maximum absolute atomic E-state index is 12.8. The van der Waals surface area contributed by atoms with Crippen LogP contribution in [-0.4, -0.2) is 69.7 Å². The van der Waals surface area contributed by atoms with Gasteiger partial charge in [-0.15, -0.1) is 0 Å². The van der Waals surface area contributed by atoms with Crippen molar-refractivity contribution in [1.82, 2.24) is 21.1 Å². The van der Waals surface area contributed by atoms with Gasteiger partial charge in [0.05, 0.1) is 38.4 Å². The van der Waals surface area contributed by atoms with Gasteiger partial charge in [-0.1, -0.05) is 24.3 Å². The van der Waals surface area contributed by atoms with Gasteiger partial charge in [-0.3, -0.25) is 10.2 Å².